The van der Waals surface area contributed by atoms with Crippen molar-refractivity contribution in [1.29, 1.82) is 0 Å². The van der Waals surface area contributed by atoms with Crippen molar-refractivity contribution in [1.82, 2.24) is 4.90 Å². The molecule has 1 aliphatic rings. The van der Waals surface area contributed by atoms with Crippen molar-refractivity contribution >= 4 is 11.9 Å². The van der Waals surface area contributed by atoms with Gasteiger partial charge in [-0.05, 0) is 38.3 Å². The molecule has 0 N–H and O–H groups in total. The van der Waals surface area contributed by atoms with E-state index in [0.717, 1.165) is 24.8 Å². The van der Waals surface area contributed by atoms with Gasteiger partial charge in [-0.25, -0.2) is 4.79 Å². The molecule has 1 atom stereocenters. The molecule has 1 unspecified atom stereocenters. The van der Waals surface area contributed by atoms with Gasteiger partial charge >= 0.3 is 5.97 Å². The zero-order valence-electron chi connectivity index (χ0n) is 20.6. The van der Waals surface area contributed by atoms with Gasteiger partial charge in [-0.15, -0.1) is 0 Å². The maximum absolute atomic E-state index is 12.8. The second kappa shape index (κ2) is 15.9. The topological polar surface area (TPSA) is 46.6 Å². The Bertz CT molecular complexity index is 672. The number of rotatable bonds is 16. The van der Waals surface area contributed by atoms with E-state index in [1.807, 2.05) is 31.2 Å². The number of hydrogen-bond donors (Lipinski definition) is 0. The van der Waals surface area contributed by atoms with Crippen molar-refractivity contribution in [2.75, 3.05) is 13.2 Å². The molecule has 180 valence electrons. The molecule has 0 bridgehead atoms. The average Bonchev–Trinajstić information content (AvgIpc) is 3.28. The van der Waals surface area contributed by atoms with E-state index in [2.05, 4.69) is 6.92 Å². The van der Waals surface area contributed by atoms with Crippen LogP contribution in [0, 0.1) is 6.92 Å². The molecule has 1 saturated heterocycles. The molecule has 0 radical (unpaired) electrons. The Morgan fingerprint density at radius 1 is 0.906 bits per heavy atom. The molecule has 0 aromatic heterocycles. The van der Waals surface area contributed by atoms with Gasteiger partial charge in [-0.1, -0.05) is 102 Å². The number of likely N-dealkylation sites (tertiary alicyclic amines) is 1. The van der Waals surface area contributed by atoms with Crippen molar-refractivity contribution in [2.24, 2.45) is 0 Å². The van der Waals surface area contributed by atoms with Crippen molar-refractivity contribution in [3.05, 3.63) is 35.4 Å². The first-order chi connectivity index (χ1) is 15.6. The standard InChI is InChI=1S/C28H45NO3/c1-3-4-5-6-7-8-9-10-11-12-13-14-15-22-32-28(31)26-20-17-21-29(26)27(30)25-19-16-18-24(2)23-25/h16,18-19,23,26H,3-15,17,20-22H2,1-2H3. The Kier molecular flexibility index (Phi) is 13.1. The SMILES string of the molecule is CCCCCCCCCCCCCCCOC(=O)C1CCCN1C(=O)c1cccc(C)c1. The predicted molar refractivity (Wildman–Crippen MR) is 132 cm³/mol. The summed E-state index contributed by atoms with van der Waals surface area (Å²) in [5.41, 5.74) is 1.71. The lowest BCUT2D eigenvalue weighted by Gasteiger charge is -2.23. The van der Waals surface area contributed by atoms with Crippen molar-refractivity contribution in [3.63, 3.8) is 0 Å². The Labute approximate surface area is 196 Å². The Morgan fingerprint density at radius 3 is 2.09 bits per heavy atom. The largest absolute Gasteiger partial charge is 0.464 e. The molecule has 1 aliphatic heterocycles. The van der Waals surface area contributed by atoms with Gasteiger partial charge in [0.05, 0.1) is 6.61 Å². The smallest absolute Gasteiger partial charge is 0.328 e. The van der Waals surface area contributed by atoms with Gasteiger partial charge in [0.25, 0.3) is 5.91 Å². The highest BCUT2D eigenvalue weighted by Gasteiger charge is 2.35. The third-order valence-corrected chi connectivity index (χ3v) is 6.54. The Balaban J connectivity index is 1.51. The number of nitrogens with zero attached hydrogens (tertiary/aromatic N) is 1. The summed E-state index contributed by atoms with van der Waals surface area (Å²) in [6.45, 7) is 5.34. The number of carbonyl (C=O) groups is 2. The maximum atomic E-state index is 12.8. The van der Waals surface area contributed by atoms with E-state index in [4.69, 9.17) is 4.74 Å². The zero-order chi connectivity index (χ0) is 23.0. The first-order valence-corrected chi connectivity index (χ1v) is 13.2. The summed E-state index contributed by atoms with van der Waals surface area (Å²) in [6.07, 6.45) is 18.5. The van der Waals surface area contributed by atoms with E-state index in [-0.39, 0.29) is 11.9 Å². The van der Waals surface area contributed by atoms with Gasteiger partial charge in [0.2, 0.25) is 0 Å². The van der Waals surface area contributed by atoms with Crippen LogP contribution in [-0.4, -0.2) is 36.0 Å². The fourth-order valence-corrected chi connectivity index (χ4v) is 4.59. The van der Waals surface area contributed by atoms with E-state index in [9.17, 15) is 9.59 Å². The first-order valence-electron chi connectivity index (χ1n) is 13.2. The van der Waals surface area contributed by atoms with Crippen LogP contribution in [0.25, 0.3) is 0 Å². The van der Waals surface area contributed by atoms with Crippen LogP contribution in [0.2, 0.25) is 0 Å². The van der Waals surface area contributed by atoms with Gasteiger partial charge in [-0.2, -0.15) is 0 Å². The second-order valence-corrected chi connectivity index (χ2v) is 9.44. The molecule has 0 spiro atoms. The number of aryl methyl sites for hydroxylation is 1. The number of carbonyl (C=O) groups excluding carboxylic acids is 2. The van der Waals surface area contributed by atoms with Crippen LogP contribution in [-0.2, 0) is 9.53 Å². The maximum Gasteiger partial charge on any atom is 0.328 e. The molecule has 2 rings (SSSR count). The highest BCUT2D eigenvalue weighted by atomic mass is 16.5. The average molecular weight is 444 g/mol. The van der Waals surface area contributed by atoms with Crippen molar-refractivity contribution in [3.8, 4) is 0 Å². The summed E-state index contributed by atoms with van der Waals surface area (Å²) in [5.74, 6) is -0.295. The summed E-state index contributed by atoms with van der Waals surface area (Å²) >= 11 is 0. The number of ether oxygens (including phenoxy) is 1. The van der Waals surface area contributed by atoms with Crippen LogP contribution in [0.4, 0.5) is 0 Å². The highest BCUT2D eigenvalue weighted by molar-refractivity contribution is 5.97. The molecule has 1 fully saturated rings. The van der Waals surface area contributed by atoms with Gasteiger partial charge in [0.15, 0.2) is 0 Å². The number of amides is 1. The molecule has 4 nitrogen and oxygen atoms in total. The minimum Gasteiger partial charge on any atom is -0.464 e. The summed E-state index contributed by atoms with van der Waals surface area (Å²) in [4.78, 5) is 27.1. The third-order valence-electron chi connectivity index (χ3n) is 6.54. The lowest BCUT2D eigenvalue weighted by atomic mass is 10.0. The van der Waals surface area contributed by atoms with E-state index in [1.54, 1.807) is 4.90 Å². The third kappa shape index (κ3) is 9.75. The number of benzene rings is 1. The van der Waals surface area contributed by atoms with E-state index < -0.39 is 6.04 Å². The van der Waals surface area contributed by atoms with Crippen LogP contribution < -0.4 is 0 Å². The molecular formula is C28H45NO3. The highest BCUT2D eigenvalue weighted by Crippen LogP contribution is 2.22. The van der Waals surface area contributed by atoms with Crippen molar-refractivity contribution < 1.29 is 14.3 Å². The van der Waals surface area contributed by atoms with Crippen LogP contribution in [0.15, 0.2) is 24.3 Å². The minimum absolute atomic E-state index is 0.0610. The Morgan fingerprint density at radius 2 is 1.50 bits per heavy atom. The van der Waals surface area contributed by atoms with Crippen LogP contribution in [0.1, 0.15) is 119 Å². The number of hydrogen-bond acceptors (Lipinski definition) is 3. The summed E-state index contributed by atoms with van der Waals surface area (Å²) < 4.78 is 5.53. The number of esters is 1. The van der Waals surface area contributed by atoms with E-state index in [0.29, 0.717) is 25.1 Å². The van der Waals surface area contributed by atoms with Gasteiger partial charge < -0.3 is 9.64 Å². The van der Waals surface area contributed by atoms with Crippen molar-refractivity contribution in [2.45, 2.75) is 116 Å². The van der Waals surface area contributed by atoms with Crippen LogP contribution in [0.5, 0.6) is 0 Å². The lowest BCUT2D eigenvalue weighted by molar-refractivity contribution is -0.148. The summed E-state index contributed by atoms with van der Waals surface area (Å²) in [7, 11) is 0. The molecule has 32 heavy (non-hydrogen) atoms. The van der Waals surface area contributed by atoms with Gasteiger partial charge in [0, 0.05) is 12.1 Å². The normalized spacial score (nSPS) is 15.8. The quantitative estimate of drug-likeness (QED) is 0.200. The summed E-state index contributed by atoms with van der Waals surface area (Å²) in [5, 5.41) is 0. The molecule has 1 aromatic carbocycles. The first kappa shape index (κ1) is 26.4. The molecule has 0 aliphatic carbocycles. The van der Waals surface area contributed by atoms with E-state index >= 15 is 0 Å². The number of unbranched alkanes of at least 4 members (excludes halogenated alkanes) is 12. The van der Waals surface area contributed by atoms with Crippen LogP contribution in [0.3, 0.4) is 0 Å². The lowest BCUT2D eigenvalue weighted by Crippen LogP contribution is -2.41. The summed E-state index contributed by atoms with van der Waals surface area (Å²) in [6, 6.07) is 7.15. The van der Waals surface area contributed by atoms with E-state index in [1.165, 1.54) is 70.6 Å². The zero-order valence-corrected chi connectivity index (χ0v) is 20.6. The fourth-order valence-electron chi connectivity index (χ4n) is 4.59. The van der Waals surface area contributed by atoms with Crippen LogP contribution >= 0.6 is 0 Å². The minimum atomic E-state index is -0.426. The molecule has 0 saturated carbocycles. The van der Waals surface area contributed by atoms with Gasteiger partial charge in [0.1, 0.15) is 6.04 Å². The fraction of sp³-hybridized carbons (Fsp3) is 0.714. The molecule has 1 heterocycles. The molecule has 1 amide bonds. The monoisotopic (exact) mass is 443 g/mol. The second-order valence-electron chi connectivity index (χ2n) is 9.44. The van der Waals surface area contributed by atoms with Gasteiger partial charge in [-0.3, -0.25) is 4.79 Å². The molecule has 4 heteroatoms. The molecular weight excluding hydrogens is 398 g/mol. The molecule has 1 aromatic rings. The predicted octanol–water partition coefficient (Wildman–Crippen LogP) is 7.23. The Hall–Kier alpha value is -1.84.